The minimum atomic E-state index is -1.09. The molecule has 0 radical (unpaired) electrons. The molecular weight excluding hydrogens is 170 g/mol. The maximum atomic E-state index is 10.5. The largest absolute Gasteiger partial charge is 0.477 e. The van der Waals surface area contributed by atoms with Crippen molar-refractivity contribution in [2.24, 2.45) is 0 Å². The molecule has 0 unspecified atom stereocenters. The number of anilines is 1. The average Bonchev–Trinajstić information content (AvgIpc) is 2.15. The number of hydrogen-bond donors (Lipinski definition) is 2. The van der Waals surface area contributed by atoms with E-state index in [-0.39, 0.29) is 18.2 Å². The van der Waals surface area contributed by atoms with Crippen molar-refractivity contribution in [3.05, 3.63) is 18.0 Å². The van der Waals surface area contributed by atoms with E-state index in [1.807, 2.05) is 0 Å². The van der Waals surface area contributed by atoms with Crippen LogP contribution in [0.25, 0.3) is 0 Å². The molecule has 2 N–H and O–H groups in total. The molecule has 0 aliphatic rings. The third-order valence-corrected chi connectivity index (χ3v) is 1.22. The van der Waals surface area contributed by atoms with Gasteiger partial charge in [-0.2, -0.15) is 0 Å². The SMILES string of the molecule is C#CCNc1nccc(C(=O)O)n1. The van der Waals surface area contributed by atoms with E-state index in [4.69, 9.17) is 11.5 Å². The van der Waals surface area contributed by atoms with Gasteiger partial charge in [0, 0.05) is 6.20 Å². The standard InChI is InChI=1S/C8H7N3O2/c1-2-4-9-8-10-5-3-6(11-8)7(12)13/h1,3,5H,4H2,(H,12,13)(H,9,10,11). The highest BCUT2D eigenvalue weighted by molar-refractivity contribution is 5.85. The highest BCUT2D eigenvalue weighted by atomic mass is 16.4. The zero-order valence-corrected chi connectivity index (χ0v) is 6.69. The van der Waals surface area contributed by atoms with Gasteiger partial charge in [-0.05, 0) is 6.07 Å². The number of nitrogens with zero attached hydrogens (tertiary/aromatic N) is 2. The van der Waals surface area contributed by atoms with E-state index in [9.17, 15) is 4.79 Å². The van der Waals surface area contributed by atoms with Crippen LogP contribution in [0.1, 0.15) is 10.5 Å². The van der Waals surface area contributed by atoms with Crippen molar-refractivity contribution in [3.8, 4) is 12.3 Å². The van der Waals surface area contributed by atoms with Crippen molar-refractivity contribution in [2.45, 2.75) is 0 Å². The number of aromatic nitrogens is 2. The van der Waals surface area contributed by atoms with Crippen LogP contribution in [0, 0.1) is 12.3 Å². The van der Waals surface area contributed by atoms with Gasteiger partial charge in [0.2, 0.25) is 5.95 Å². The van der Waals surface area contributed by atoms with Crippen molar-refractivity contribution < 1.29 is 9.90 Å². The first-order chi connectivity index (χ1) is 6.24. The van der Waals surface area contributed by atoms with E-state index in [0.29, 0.717) is 0 Å². The fraction of sp³-hybridized carbons (Fsp3) is 0.125. The van der Waals surface area contributed by atoms with Gasteiger partial charge in [-0.15, -0.1) is 6.42 Å². The molecule has 0 amide bonds. The van der Waals surface area contributed by atoms with Crippen molar-refractivity contribution >= 4 is 11.9 Å². The molecule has 0 saturated heterocycles. The summed E-state index contributed by atoms with van der Waals surface area (Å²) < 4.78 is 0. The van der Waals surface area contributed by atoms with Crippen LogP contribution in [0.15, 0.2) is 12.3 Å². The average molecular weight is 177 g/mol. The highest BCUT2D eigenvalue weighted by Crippen LogP contribution is 1.99. The Bertz CT molecular complexity index is 357. The third-order valence-electron chi connectivity index (χ3n) is 1.22. The minimum Gasteiger partial charge on any atom is -0.477 e. The predicted octanol–water partition coefficient (Wildman–Crippen LogP) is 0.220. The van der Waals surface area contributed by atoms with Crippen LogP contribution in [0.3, 0.4) is 0 Å². The van der Waals surface area contributed by atoms with Crippen LogP contribution in [0.5, 0.6) is 0 Å². The quantitative estimate of drug-likeness (QED) is 0.646. The summed E-state index contributed by atoms with van der Waals surface area (Å²) in [6, 6.07) is 1.31. The molecule has 1 heterocycles. The molecule has 1 aromatic heterocycles. The zero-order chi connectivity index (χ0) is 9.68. The lowest BCUT2D eigenvalue weighted by Gasteiger charge is -1.99. The number of carboxylic acids is 1. The molecular formula is C8H7N3O2. The van der Waals surface area contributed by atoms with Crippen LogP contribution in [-0.4, -0.2) is 27.6 Å². The molecule has 66 valence electrons. The second-order valence-corrected chi connectivity index (χ2v) is 2.13. The lowest BCUT2D eigenvalue weighted by Crippen LogP contribution is -2.07. The van der Waals surface area contributed by atoms with Crippen LogP contribution in [0.2, 0.25) is 0 Å². The van der Waals surface area contributed by atoms with Gasteiger partial charge in [-0.3, -0.25) is 0 Å². The Morgan fingerprint density at radius 2 is 2.54 bits per heavy atom. The molecule has 1 aromatic rings. The van der Waals surface area contributed by atoms with Gasteiger partial charge in [0.15, 0.2) is 5.69 Å². The molecule has 1 rings (SSSR count). The molecule has 0 fully saturated rings. The Balaban J connectivity index is 2.80. The molecule has 0 saturated carbocycles. The number of rotatable bonds is 3. The lowest BCUT2D eigenvalue weighted by atomic mass is 10.4. The van der Waals surface area contributed by atoms with Gasteiger partial charge < -0.3 is 10.4 Å². The van der Waals surface area contributed by atoms with Crippen LogP contribution in [-0.2, 0) is 0 Å². The summed E-state index contributed by atoms with van der Waals surface area (Å²) in [5, 5.41) is 11.2. The summed E-state index contributed by atoms with van der Waals surface area (Å²) >= 11 is 0. The van der Waals surface area contributed by atoms with Gasteiger partial charge >= 0.3 is 5.97 Å². The van der Waals surface area contributed by atoms with Crippen LogP contribution >= 0.6 is 0 Å². The first-order valence-electron chi connectivity index (χ1n) is 3.47. The molecule has 0 aliphatic heterocycles. The topological polar surface area (TPSA) is 75.1 Å². The van der Waals surface area contributed by atoms with Crippen LogP contribution in [0.4, 0.5) is 5.95 Å². The monoisotopic (exact) mass is 177 g/mol. The zero-order valence-electron chi connectivity index (χ0n) is 6.69. The number of aromatic carboxylic acids is 1. The van der Waals surface area contributed by atoms with E-state index < -0.39 is 5.97 Å². The van der Waals surface area contributed by atoms with Crippen LogP contribution < -0.4 is 5.32 Å². The summed E-state index contributed by atoms with van der Waals surface area (Å²) in [6.07, 6.45) is 6.35. The van der Waals surface area contributed by atoms with E-state index in [2.05, 4.69) is 21.2 Å². The van der Waals surface area contributed by atoms with Gasteiger partial charge in [0.1, 0.15) is 0 Å². The molecule has 0 aliphatic carbocycles. The van der Waals surface area contributed by atoms with Gasteiger partial charge in [-0.1, -0.05) is 5.92 Å². The fourth-order valence-corrected chi connectivity index (χ4v) is 0.693. The Morgan fingerprint density at radius 3 is 3.15 bits per heavy atom. The maximum Gasteiger partial charge on any atom is 0.354 e. The Labute approximate surface area is 74.8 Å². The van der Waals surface area contributed by atoms with Gasteiger partial charge in [0.05, 0.1) is 6.54 Å². The van der Waals surface area contributed by atoms with E-state index in [0.717, 1.165) is 0 Å². The van der Waals surface area contributed by atoms with Crippen molar-refractivity contribution in [2.75, 3.05) is 11.9 Å². The van der Waals surface area contributed by atoms with Crippen molar-refractivity contribution in [1.82, 2.24) is 9.97 Å². The Morgan fingerprint density at radius 1 is 1.77 bits per heavy atom. The first kappa shape index (κ1) is 9.00. The van der Waals surface area contributed by atoms with Gasteiger partial charge in [0.25, 0.3) is 0 Å². The minimum absolute atomic E-state index is 0.0606. The smallest absolute Gasteiger partial charge is 0.354 e. The predicted molar refractivity (Wildman–Crippen MR) is 46.3 cm³/mol. The maximum absolute atomic E-state index is 10.5. The molecule has 0 bridgehead atoms. The van der Waals surface area contributed by atoms with E-state index in [1.165, 1.54) is 12.3 Å². The van der Waals surface area contributed by atoms with Crippen molar-refractivity contribution in [3.63, 3.8) is 0 Å². The molecule has 0 aromatic carbocycles. The van der Waals surface area contributed by atoms with E-state index in [1.54, 1.807) is 0 Å². The second kappa shape index (κ2) is 4.07. The second-order valence-electron chi connectivity index (χ2n) is 2.13. The number of nitrogens with one attached hydrogen (secondary N) is 1. The number of terminal acetylenes is 1. The summed E-state index contributed by atoms with van der Waals surface area (Å²) in [5.41, 5.74) is -0.0606. The lowest BCUT2D eigenvalue weighted by molar-refractivity contribution is 0.0690. The third kappa shape index (κ3) is 2.45. The molecule has 5 heteroatoms. The Kier molecular flexibility index (Phi) is 2.82. The normalized spacial score (nSPS) is 8.85. The fourth-order valence-electron chi connectivity index (χ4n) is 0.693. The molecule has 0 spiro atoms. The number of carboxylic acid groups (broad SMARTS) is 1. The van der Waals surface area contributed by atoms with Gasteiger partial charge in [-0.25, -0.2) is 14.8 Å². The summed E-state index contributed by atoms with van der Waals surface area (Å²) in [7, 11) is 0. The summed E-state index contributed by atoms with van der Waals surface area (Å²) in [4.78, 5) is 17.9. The first-order valence-corrected chi connectivity index (χ1v) is 3.47. The molecule has 13 heavy (non-hydrogen) atoms. The number of carbonyl (C=O) groups is 1. The van der Waals surface area contributed by atoms with E-state index >= 15 is 0 Å². The number of hydrogen-bond acceptors (Lipinski definition) is 4. The summed E-state index contributed by atoms with van der Waals surface area (Å²) in [6.45, 7) is 0.267. The highest BCUT2D eigenvalue weighted by Gasteiger charge is 2.04. The molecule has 0 atom stereocenters. The summed E-state index contributed by atoms with van der Waals surface area (Å²) in [5.74, 6) is 1.46. The Hall–Kier alpha value is -2.09. The van der Waals surface area contributed by atoms with Crippen molar-refractivity contribution in [1.29, 1.82) is 0 Å². The molecule has 5 nitrogen and oxygen atoms in total.